The molecule has 1 aromatic heterocycles. The predicted molar refractivity (Wildman–Crippen MR) is 129 cm³/mol. The maximum atomic E-state index is 12.5. The second kappa shape index (κ2) is 10.1. The molecule has 0 atom stereocenters. The fraction of sp³-hybridized carbons (Fsp3) is 0.360. The van der Waals surface area contributed by atoms with Crippen LogP contribution in [0.3, 0.4) is 0 Å². The SMILES string of the molecule is Cc1ccc(Nc2nccc3ccc(NC(=O)CCCN4CCCCC4)cc23)cc1Cl. The van der Waals surface area contributed by atoms with Crippen molar-refractivity contribution in [2.45, 2.75) is 39.0 Å². The van der Waals surface area contributed by atoms with Gasteiger partial charge < -0.3 is 15.5 Å². The average molecular weight is 437 g/mol. The van der Waals surface area contributed by atoms with Crippen LogP contribution in [0.5, 0.6) is 0 Å². The van der Waals surface area contributed by atoms with E-state index in [0.29, 0.717) is 11.4 Å². The highest BCUT2D eigenvalue weighted by molar-refractivity contribution is 6.31. The second-order valence-corrected chi connectivity index (χ2v) is 8.65. The number of nitrogens with one attached hydrogen (secondary N) is 2. The number of amides is 1. The number of piperidine rings is 1. The third-order valence-corrected chi connectivity index (χ3v) is 6.22. The van der Waals surface area contributed by atoms with Crippen LogP contribution in [0.15, 0.2) is 48.7 Å². The fourth-order valence-corrected chi connectivity index (χ4v) is 4.20. The maximum Gasteiger partial charge on any atom is 0.224 e. The van der Waals surface area contributed by atoms with E-state index in [0.717, 1.165) is 46.5 Å². The van der Waals surface area contributed by atoms with Crippen LogP contribution in [0.25, 0.3) is 10.8 Å². The van der Waals surface area contributed by atoms with E-state index in [1.807, 2.05) is 49.4 Å². The minimum Gasteiger partial charge on any atom is -0.340 e. The summed E-state index contributed by atoms with van der Waals surface area (Å²) in [6.45, 7) is 5.31. The van der Waals surface area contributed by atoms with Gasteiger partial charge >= 0.3 is 0 Å². The number of hydrogen-bond acceptors (Lipinski definition) is 4. The number of carbonyl (C=O) groups excluding carboxylic acids is 1. The van der Waals surface area contributed by atoms with Gasteiger partial charge in [-0.3, -0.25) is 4.79 Å². The standard InChI is InChI=1S/C25H29ClN4O/c1-18-7-9-21(17-23(18)26)29-25-22-16-20(10-8-19(22)11-12-27-25)28-24(31)6-5-15-30-13-3-2-4-14-30/h7-12,16-17H,2-6,13-15H2,1H3,(H,27,29)(H,28,31). The average Bonchev–Trinajstić information content (AvgIpc) is 2.77. The van der Waals surface area contributed by atoms with Gasteiger partial charge in [-0.1, -0.05) is 30.2 Å². The summed E-state index contributed by atoms with van der Waals surface area (Å²) in [5.74, 6) is 0.790. The molecule has 1 aliphatic heterocycles. The number of rotatable bonds is 7. The number of fused-ring (bicyclic) bond motifs is 1. The van der Waals surface area contributed by atoms with E-state index >= 15 is 0 Å². The van der Waals surface area contributed by atoms with E-state index in [1.165, 1.54) is 32.4 Å². The van der Waals surface area contributed by atoms with Crippen LogP contribution < -0.4 is 10.6 Å². The number of pyridine rings is 1. The van der Waals surface area contributed by atoms with E-state index in [4.69, 9.17) is 11.6 Å². The van der Waals surface area contributed by atoms with Crippen LogP contribution in [-0.2, 0) is 4.79 Å². The molecule has 0 aliphatic carbocycles. The van der Waals surface area contributed by atoms with Crippen molar-refractivity contribution >= 4 is 45.5 Å². The van der Waals surface area contributed by atoms with Gasteiger partial charge in [0, 0.05) is 34.4 Å². The van der Waals surface area contributed by atoms with Gasteiger partial charge in [-0.05, 0) is 87.1 Å². The highest BCUT2D eigenvalue weighted by Crippen LogP contribution is 2.29. The van der Waals surface area contributed by atoms with E-state index in [2.05, 4.69) is 20.5 Å². The molecule has 2 N–H and O–H groups in total. The van der Waals surface area contributed by atoms with Crippen LogP contribution in [0.2, 0.25) is 5.02 Å². The summed E-state index contributed by atoms with van der Waals surface area (Å²) in [5, 5.41) is 9.11. The molecule has 2 heterocycles. The number of hydrogen-bond donors (Lipinski definition) is 2. The Labute approximate surface area is 188 Å². The molecule has 0 saturated carbocycles. The summed E-state index contributed by atoms with van der Waals surface area (Å²) in [4.78, 5) is 19.4. The Morgan fingerprint density at radius 3 is 2.68 bits per heavy atom. The topological polar surface area (TPSA) is 57.3 Å². The summed E-state index contributed by atoms with van der Waals surface area (Å²) in [6, 6.07) is 13.7. The Bertz CT molecular complexity index is 1060. The number of aromatic nitrogens is 1. The van der Waals surface area contributed by atoms with Crippen LogP contribution in [0, 0.1) is 6.92 Å². The number of anilines is 3. The normalized spacial score (nSPS) is 14.5. The number of aryl methyl sites for hydroxylation is 1. The van der Waals surface area contributed by atoms with Crippen molar-refractivity contribution in [2.24, 2.45) is 0 Å². The first-order valence-electron chi connectivity index (χ1n) is 11.0. The highest BCUT2D eigenvalue weighted by Gasteiger charge is 2.11. The fourth-order valence-electron chi connectivity index (χ4n) is 4.02. The Balaban J connectivity index is 1.42. The van der Waals surface area contributed by atoms with Crippen molar-refractivity contribution in [2.75, 3.05) is 30.3 Å². The van der Waals surface area contributed by atoms with Crippen molar-refractivity contribution in [3.8, 4) is 0 Å². The molecule has 3 aromatic rings. The zero-order valence-corrected chi connectivity index (χ0v) is 18.7. The summed E-state index contributed by atoms with van der Waals surface area (Å²) in [6.07, 6.45) is 7.10. The zero-order valence-electron chi connectivity index (χ0n) is 18.0. The molecule has 2 aromatic carbocycles. The molecular formula is C25H29ClN4O. The molecule has 1 fully saturated rings. The first kappa shape index (κ1) is 21.6. The summed E-state index contributed by atoms with van der Waals surface area (Å²) in [5.41, 5.74) is 2.69. The molecule has 0 bridgehead atoms. The van der Waals surface area contributed by atoms with Crippen LogP contribution in [-0.4, -0.2) is 35.4 Å². The van der Waals surface area contributed by atoms with Gasteiger partial charge in [-0.25, -0.2) is 4.98 Å². The lowest BCUT2D eigenvalue weighted by Crippen LogP contribution is -2.31. The minimum atomic E-state index is 0.0556. The zero-order chi connectivity index (χ0) is 21.6. The van der Waals surface area contributed by atoms with Gasteiger partial charge in [0.05, 0.1) is 0 Å². The molecule has 5 nitrogen and oxygen atoms in total. The number of nitrogens with zero attached hydrogens (tertiary/aromatic N) is 2. The molecule has 0 unspecified atom stereocenters. The van der Waals surface area contributed by atoms with E-state index in [9.17, 15) is 4.79 Å². The smallest absolute Gasteiger partial charge is 0.224 e. The lowest BCUT2D eigenvalue weighted by molar-refractivity contribution is -0.116. The van der Waals surface area contributed by atoms with Gasteiger partial charge in [-0.2, -0.15) is 0 Å². The van der Waals surface area contributed by atoms with Gasteiger partial charge in [0.25, 0.3) is 0 Å². The lowest BCUT2D eigenvalue weighted by atomic mass is 10.1. The van der Waals surface area contributed by atoms with Crippen molar-refractivity contribution in [3.63, 3.8) is 0 Å². The quantitative estimate of drug-likeness (QED) is 0.466. The van der Waals surface area contributed by atoms with Crippen molar-refractivity contribution in [1.29, 1.82) is 0 Å². The van der Waals surface area contributed by atoms with Crippen LogP contribution in [0.1, 0.15) is 37.7 Å². The van der Waals surface area contributed by atoms with Crippen molar-refractivity contribution in [1.82, 2.24) is 9.88 Å². The monoisotopic (exact) mass is 436 g/mol. The van der Waals surface area contributed by atoms with Gasteiger partial charge in [0.1, 0.15) is 5.82 Å². The maximum absolute atomic E-state index is 12.5. The summed E-state index contributed by atoms with van der Waals surface area (Å²) >= 11 is 6.26. The molecular weight excluding hydrogens is 408 g/mol. The van der Waals surface area contributed by atoms with Crippen LogP contribution >= 0.6 is 11.6 Å². The van der Waals surface area contributed by atoms with Gasteiger partial charge in [-0.15, -0.1) is 0 Å². The minimum absolute atomic E-state index is 0.0556. The third kappa shape index (κ3) is 5.75. The number of carbonyl (C=O) groups is 1. The Morgan fingerprint density at radius 1 is 1.06 bits per heavy atom. The lowest BCUT2D eigenvalue weighted by Gasteiger charge is -2.26. The third-order valence-electron chi connectivity index (χ3n) is 5.81. The molecule has 0 radical (unpaired) electrons. The molecule has 6 heteroatoms. The predicted octanol–water partition coefficient (Wildman–Crippen LogP) is 6.14. The molecule has 162 valence electrons. The molecule has 4 rings (SSSR count). The summed E-state index contributed by atoms with van der Waals surface area (Å²) < 4.78 is 0. The molecule has 31 heavy (non-hydrogen) atoms. The largest absolute Gasteiger partial charge is 0.340 e. The first-order valence-corrected chi connectivity index (χ1v) is 11.4. The van der Waals surface area contributed by atoms with E-state index in [-0.39, 0.29) is 5.91 Å². The molecule has 1 saturated heterocycles. The Morgan fingerprint density at radius 2 is 1.87 bits per heavy atom. The van der Waals surface area contributed by atoms with Crippen LogP contribution in [0.4, 0.5) is 17.2 Å². The number of benzene rings is 2. The number of halogens is 1. The van der Waals surface area contributed by atoms with E-state index in [1.54, 1.807) is 6.20 Å². The van der Waals surface area contributed by atoms with E-state index < -0.39 is 0 Å². The number of likely N-dealkylation sites (tertiary alicyclic amines) is 1. The second-order valence-electron chi connectivity index (χ2n) is 8.24. The molecule has 1 amide bonds. The Kier molecular flexibility index (Phi) is 7.05. The first-order chi connectivity index (χ1) is 15.1. The summed E-state index contributed by atoms with van der Waals surface area (Å²) in [7, 11) is 0. The Hall–Kier alpha value is -2.63. The highest BCUT2D eigenvalue weighted by atomic mass is 35.5. The van der Waals surface area contributed by atoms with Crippen molar-refractivity contribution in [3.05, 3.63) is 59.2 Å². The van der Waals surface area contributed by atoms with Gasteiger partial charge in [0.15, 0.2) is 0 Å². The molecule has 0 spiro atoms. The van der Waals surface area contributed by atoms with Crippen molar-refractivity contribution < 1.29 is 4.79 Å². The molecule has 1 aliphatic rings. The van der Waals surface area contributed by atoms with Gasteiger partial charge in [0.2, 0.25) is 5.91 Å².